The van der Waals surface area contributed by atoms with Crippen LogP contribution in [0.3, 0.4) is 0 Å². The molecule has 0 aliphatic carbocycles. The summed E-state index contributed by atoms with van der Waals surface area (Å²) in [5.41, 5.74) is 6.76. The van der Waals surface area contributed by atoms with Gasteiger partial charge < -0.3 is 10.3 Å². The first-order valence-electron chi connectivity index (χ1n) is 3.91. The molecule has 1 heterocycles. The number of nitrogens with two attached hydrogens (primary N) is 1. The molecule has 13 heavy (non-hydrogen) atoms. The van der Waals surface area contributed by atoms with Crippen molar-refractivity contribution in [1.29, 1.82) is 0 Å². The summed E-state index contributed by atoms with van der Waals surface area (Å²) in [6, 6.07) is 0. The highest BCUT2D eigenvalue weighted by atomic mass is 35.5. The molecule has 1 aromatic rings. The van der Waals surface area contributed by atoms with Crippen LogP contribution in [0.25, 0.3) is 0 Å². The van der Waals surface area contributed by atoms with Gasteiger partial charge in [-0.15, -0.1) is 12.4 Å². The Morgan fingerprint density at radius 1 is 1.54 bits per heavy atom. The monoisotopic (exact) mass is 208 g/mol. The maximum atomic E-state index is 12.9. The van der Waals surface area contributed by atoms with Crippen LogP contribution in [0.2, 0.25) is 0 Å². The van der Waals surface area contributed by atoms with Crippen LogP contribution in [0.15, 0.2) is 4.52 Å². The number of hydrogen-bond donors (Lipinski definition) is 1. The molecule has 0 amide bonds. The van der Waals surface area contributed by atoms with E-state index in [0.717, 1.165) is 11.3 Å². The summed E-state index contributed by atoms with van der Waals surface area (Å²) in [5.74, 6) is 0.684. The molecule has 0 radical (unpaired) electrons. The van der Waals surface area contributed by atoms with E-state index < -0.39 is 6.17 Å². The Balaban J connectivity index is 0.00000144. The van der Waals surface area contributed by atoms with Crippen molar-refractivity contribution in [2.45, 2.75) is 26.4 Å². The molecule has 0 fully saturated rings. The second-order valence-electron chi connectivity index (χ2n) is 2.84. The molecule has 0 spiro atoms. The van der Waals surface area contributed by atoms with Crippen LogP contribution in [0.1, 0.15) is 17.0 Å². The zero-order valence-corrected chi connectivity index (χ0v) is 8.53. The average Bonchev–Trinajstić information content (AvgIpc) is 2.35. The van der Waals surface area contributed by atoms with Gasteiger partial charge in [-0.25, -0.2) is 4.39 Å². The van der Waals surface area contributed by atoms with E-state index in [0.29, 0.717) is 12.2 Å². The van der Waals surface area contributed by atoms with E-state index in [9.17, 15) is 4.39 Å². The Bertz CT molecular complexity index is 245. The molecular formula is C8H14ClFN2O. The van der Waals surface area contributed by atoms with E-state index in [4.69, 9.17) is 10.3 Å². The number of nitrogens with zero attached hydrogens (tertiary/aromatic N) is 1. The largest absolute Gasteiger partial charge is 0.361 e. The molecule has 1 unspecified atom stereocenters. The van der Waals surface area contributed by atoms with E-state index in [2.05, 4.69) is 5.16 Å². The first kappa shape index (κ1) is 12.4. The summed E-state index contributed by atoms with van der Waals surface area (Å²) in [7, 11) is 0. The lowest BCUT2D eigenvalue weighted by Gasteiger charge is -2.03. The number of aromatic nitrogens is 1. The highest BCUT2D eigenvalue weighted by molar-refractivity contribution is 5.85. The maximum absolute atomic E-state index is 12.9. The van der Waals surface area contributed by atoms with Gasteiger partial charge in [0.1, 0.15) is 11.9 Å². The van der Waals surface area contributed by atoms with Crippen molar-refractivity contribution >= 4 is 12.4 Å². The van der Waals surface area contributed by atoms with Gasteiger partial charge in [0.2, 0.25) is 0 Å². The summed E-state index contributed by atoms with van der Waals surface area (Å²) in [6.07, 6.45) is -0.695. The molecule has 76 valence electrons. The van der Waals surface area contributed by atoms with Crippen LogP contribution in [0, 0.1) is 13.8 Å². The summed E-state index contributed by atoms with van der Waals surface area (Å²) in [6.45, 7) is 3.62. The average molecular weight is 209 g/mol. The molecule has 0 aromatic carbocycles. The van der Waals surface area contributed by atoms with E-state index in [1.165, 1.54) is 0 Å². The number of hydrogen-bond acceptors (Lipinski definition) is 3. The number of halogens is 2. The summed E-state index contributed by atoms with van der Waals surface area (Å²) >= 11 is 0. The summed E-state index contributed by atoms with van der Waals surface area (Å²) < 4.78 is 17.7. The fourth-order valence-electron chi connectivity index (χ4n) is 1.10. The van der Waals surface area contributed by atoms with Crippen LogP contribution < -0.4 is 5.73 Å². The van der Waals surface area contributed by atoms with Crippen molar-refractivity contribution < 1.29 is 8.91 Å². The minimum atomic E-state index is -0.998. The third kappa shape index (κ3) is 2.97. The van der Waals surface area contributed by atoms with Crippen LogP contribution in [0.4, 0.5) is 4.39 Å². The lowest BCUT2D eigenvalue weighted by molar-refractivity contribution is 0.337. The Morgan fingerprint density at radius 2 is 2.15 bits per heavy atom. The fourth-order valence-corrected chi connectivity index (χ4v) is 1.10. The van der Waals surface area contributed by atoms with Gasteiger partial charge in [-0.3, -0.25) is 0 Å². The lowest BCUT2D eigenvalue weighted by Crippen LogP contribution is -2.18. The van der Waals surface area contributed by atoms with Crippen LogP contribution in [0.5, 0.6) is 0 Å². The quantitative estimate of drug-likeness (QED) is 0.820. The standard InChI is InChI=1S/C8H13FN2O.ClH/c1-5-8(3-7(9)4-10)6(2)12-11-5;/h7H,3-4,10H2,1-2H3;1H. The van der Waals surface area contributed by atoms with Crippen LogP contribution in [-0.2, 0) is 6.42 Å². The van der Waals surface area contributed by atoms with Crippen molar-refractivity contribution in [3.05, 3.63) is 17.0 Å². The number of rotatable bonds is 3. The van der Waals surface area contributed by atoms with E-state index in [1.807, 2.05) is 0 Å². The van der Waals surface area contributed by atoms with Gasteiger partial charge in [-0.1, -0.05) is 5.16 Å². The predicted molar refractivity (Wildman–Crippen MR) is 50.9 cm³/mol. The van der Waals surface area contributed by atoms with Crippen molar-refractivity contribution in [2.75, 3.05) is 6.54 Å². The van der Waals surface area contributed by atoms with Gasteiger partial charge in [-0.2, -0.15) is 0 Å². The predicted octanol–water partition coefficient (Wildman–Crippen LogP) is 1.55. The Hall–Kier alpha value is -0.610. The van der Waals surface area contributed by atoms with Crippen LogP contribution in [-0.4, -0.2) is 17.9 Å². The normalized spacial score (nSPS) is 12.3. The third-order valence-electron chi connectivity index (χ3n) is 1.86. The molecule has 0 aliphatic rings. The first-order chi connectivity index (χ1) is 5.65. The molecule has 1 rings (SSSR count). The maximum Gasteiger partial charge on any atom is 0.137 e. The molecule has 1 atom stereocenters. The molecule has 0 bridgehead atoms. The van der Waals surface area contributed by atoms with Gasteiger partial charge in [0.25, 0.3) is 0 Å². The first-order valence-corrected chi connectivity index (χ1v) is 3.91. The molecule has 0 aliphatic heterocycles. The molecule has 0 saturated carbocycles. The molecule has 3 nitrogen and oxygen atoms in total. The Kier molecular flexibility index (Phi) is 4.95. The number of alkyl halides is 1. The molecule has 5 heteroatoms. The Labute approximate surface area is 82.9 Å². The molecular weight excluding hydrogens is 195 g/mol. The van der Waals surface area contributed by atoms with E-state index in [-0.39, 0.29) is 19.0 Å². The van der Waals surface area contributed by atoms with Crippen molar-refractivity contribution in [1.82, 2.24) is 5.16 Å². The summed E-state index contributed by atoms with van der Waals surface area (Å²) in [4.78, 5) is 0. The highest BCUT2D eigenvalue weighted by Crippen LogP contribution is 2.15. The highest BCUT2D eigenvalue weighted by Gasteiger charge is 2.13. The molecule has 2 N–H and O–H groups in total. The van der Waals surface area contributed by atoms with Crippen molar-refractivity contribution in [2.24, 2.45) is 5.73 Å². The topological polar surface area (TPSA) is 52.0 Å². The lowest BCUT2D eigenvalue weighted by atomic mass is 10.1. The molecule has 1 aromatic heterocycles. The van der Waals surface area contributed by atoms with Gasteiger partial charge in [0.05, 0.1) is 5.69 Å². The second-order valence-corrected chi connectivity index (χ2v) is 2.84. The smallest absolute Gasteiger partial charge is 0.137 e. The second kappa shape index (κ2) is 5.19. The fraction of sp³-hybridized carbons (Fsp3) is 0.625. The zero-order valence-electron chi connectivity index (χ0n) is 7.71. The van der Waals surface area contributed by atoms with Gasteiger partial charge in [-0.05, 0) is 13.8 Å². The number of aryl methyl sites for hydroxylation is 2. The Morgan fingerprint density at radius 3 is 2.54 bits per heavy atom. The minimum absolute atomic E-state index is 0. The van der Waals surface area contributed by atoms with Crippen LogP contribution >= 0.6 is 12.4 Å². The van der Waals surface area contributed by atoms with Gasteiger partial charge in [0.15, 0.2) is 0 Å². The van der Waals surface area contributed by atoms with E-state index >= 15 is 0 Å². The summed E-state index contributed by atoms with van der Waals surface area (Å²) in [5, 5.41) is 3.72. The minimum Gasteiger partial charge on any atom is -0.361 e. The van der Waals surface area contributed by atoms with Crippen molar-refractivity contribution in [3.63, 3.8) is 0 Å². The zero-order chi connectivity index (χ0) is 9.14. The van der Waals surface area contributed by atoms with Crippen molar-refractivity contribution in [3.8, 4) is 0 Å². The van der Waals surface area contributed by atoms with Gasteiger partial charge >= 0.3 is 0 Å². The molecule has 0 saturated heterocycles. The van der Waals surface area contributed by atoms with Gasteiger partial charge in [0, 0.05) is 18.5 Å². The SMILES string of the molecule is Cc1noc(C)c1CC(F)CN.Cl. The van der Waals surface area contributed by atoms with E-state index in [1.54, 1.807) is 13.8 Å². The third-order valence-corrected chi connectivity index (χ3v) is 1.86.